The molecular formula is C65H47N. The Hall–Kier alpha value is -7.74. The van der Waals surface area contributed by atoms with Crippen LogP contribution in [0.1, 0.15) is 67.5 Å². The Balaban J connectivity index is 0.783. The van der Waals surface area contributed by atoms with E-state index in [2.05, 4.69) is 242 Å². The molecule has 1 heteroatoms. The second-order valence-electron chi connectivity index (χ2n) is 19.3. The van der Waals surface area contributed by atoms with E-state index in [9.17, 15) is 0 Å². The maximum atomic E-state index is 2.51. The molecule has 0 saturated heterocycles. The summed E-state index contributed by atoms with van der Waals surface area (Å²) in [6.07, 6.45) is 16.0. The third-order valence-corrected chi connectivity index (χ3v) is 15.8. The minimum absolute atomic E-state index is 0.136. The lowest BCUT2D eigenvalue weighted by Crippen LogP contribution is -2.38. The topological polar surface area (TPSA) is 3.24 Å². The Bertz CT molecular complexity index is 3450. The average molecular weight is 842 g/mol. The molecule has 6 aliphatic rings. The summed E-state index contributed by atoms with van der Waals surface area (Å²) < 4.78 is 0. The van der Waals surface area contributed by atoms with Gasteiger partial charge in [0.15, 0.2) is 0 Å². The zero-order valence-corrected chi connectivity index (χ0v) is 36.7. The fraction of sp³-hybridized carbons (Fsp3) is 0.108. The van der Waals surface area contributed by atoms with Crippen molar-refractivity contribution in [1.82, 2.24) is 0 Å². The molecule has 0 fully saturated rings. The molecule has 0 amide bonds. The van der Waals surface area contributed by atoms with Crippen molar-refractivity contribution in [2.45, 2.75) is 30.1 Å². The van der Waals surface area contributed by atoms with Gasteiger partial charge in [-0.15, -0.1) is 0 Å². The molecule has 9 aromatic carbocycles. The highest BCUT2D eigenvalue weighted by molar-refractivity contribution is 5.91. The third kappa shape index (κ3) is 5.72. The molecule has 6 aliphatic carbocycles. The first-order chi connectivity index (χ1) is 32.7. The van der Waals surface area contributed by atoms with Crippen molar-refractivity contribution in [2.75, 3.05) is 4.90 Å². The molecule has 9 aromatic rings. The summed E-state index contributed by atoms with van der Waals surface area (Å²) in [5, 5.41) is 2.53. The first-order valence-corrected chi connectivity index (χ1v) is 23.7. The number of fused-ring (bicyclic) bond motifs is 7. The Kier molecular flexibility index (Phi) is 8.34. The van der Waals surface area contributed by atoms with Gasteiger partial charge in [-0.2, -0.15) is 0 Å². The average Bonchev–Trinajstić information content (AvgIpc) is 3.90. The van der Waals surface area contributed by atoms with E-state index < -0.39 is 0 Å². The van der Waals surface area contributed by atoms with Gasteiger partial charge >= 0.3 is 0 Å². The van der Waals surface area contributed by atoms with E-state index in [1.807, 2.05) is 0 Å². The van der Waals surface area contributed by atoms with Crippen molar-refractivity contribution in [2.24, 2.45) is 11.8 Å². The van der Waals surface area contributed by atoms with Crippen LogP contribution in [0.15, 0.2) is 224 Å². The minimum atomic E-state index is -0.136. The van der Waals surface area contributed by atoms with Crippen LogP contribution in [0.25, 0.3) is 45.2 Å². The smallest absolute Gasteiger partial charge is 0.0465 e. The van der Waals surface area contributed by atoms with Crippen molar-refractivity contribution in [1.29, 1.82) is 0 Å². The van der Waals surface area contributed by atoms with Crippen LogP contribution in [-0.4, -0.2) is 0 Å². The van der Waals surface area contributed by atoms with Crippen molar-refractivity contribution in [3.8, 4) is 22.3 Å². The maximum absolute atomic E-state index is 2.51. The molecule has 0 aliphatic heterocycles. The Labute approximate surface area is 387 Å². The van der Waals surface area contributed by atoms with E-state index >= 15 is 0 Å². The molecule has 0 heterocycles. The monoisotopic (exact) mass is 841 g/mol. The lowest BCUT2D eigenvalue weighted by Gasteiger charge is -2.50. The lowest BCUT2D eigenvalue weighted by molar-refractivity contribution is 0.331. The molecule has 0 radical (unpaired) electrons. The van der Waals surface area contributed by atoms with Crippen molar-refractivity contribution < 1.29 is 0 Å². The van der Waals surface area contributed by atoms with Crippen molar-refractivity contribution >= 4 is 40.0 Å². The van der Waals surface area contributed by atoms with Crippen LogP contribution in [0, 0.1) is 11.8 Å². The molecule has 1 spiro atoms. The molecule has 66 heavy (non-hydrogen) atoms. The van der Waals surface area contributed by atoms with Crippen molar-refractivity contribution in [3.05, 3.63) is 280 Å². The summed E-state index contributed by atoms with van der Waals surface area (Å²) in [4.78, 5) is 2.40. The lowest BCUT2D eigenvalue weighted by atomic mass is 9.53. The number of para-hydroxylation sites is 2. The van der Waals surface area contributed by atoms with Crippen LogP contribution in [0.4, 0.5) is 17.1 Å². The van der Waals surface area contributed by atoms with Gasteiger partial charge in [0, 0.05) is 34.3 Å². The molecule has 4 atom stereocenters. The zero-order chi connectivity index (χ0) is 43.3. The summed E-state index contributed by atoms with van der Waals surface area (Å²) in [5.41, 5.74) is 23.0. The number of hydrogen-bond acceptors (Lipinski definition) is 1. The Morgan fingerprint density at radius 2 is 0.909 bits per heavy atom. The number of nitrogens with zero attached hydrogens (tertiary/aromatic N) is 1. The van der Waals surface area contributed by atoms with E-state index in [1.165, 1.54) is 94.3 Å². The second-order valence-corrected chi connectivity index (χ2v) is 19.3. The van der Waals surface area contributed by atoms with Crippen LogP contribution >= 0.6 is 0 Å². The van der Waals surface area contributed by atoms with Crippen LogP contribution < -0.4 is 4.90 Å². The molecule has 4 unspecified atom stereocenters. The van der Waals surface area contributed by atoms with Gasteiger partial charge in [-0.05, 0) is 162 Å². The molecule has 0 N–H and O–H groups in total. The summed E-state index contributed by atoms with van der Waals surface area (Å²) in [6, 6.07) is 75.5. The summed E-state index contributed by atoms with van der Waals surface area (Å²) >= 11 is 0. The SMILES string of the molecule is C1=CC2C3c4ccccc4C(c4cc(-c5ccc6cc(/C=C/c7ccc8c(c7)C7(Cc9ccccc9C7)c7cc(N(c9ccccc9)c9ccccc9)ccc7-8)ccc6c5)ccc43)C2C=C1. The van der Waals surface area contributed by atoms with E-state index in [0.29, 0.717) is 23.7 Å². The fourth-order valence-electron chi connectivity index (χ4n) is 12.9. The number of rotatable bonds is 6. The van der Waals surface area contributed by atoms with E-state index in [1.54, 1.807) is 0 Å². The van der Waals surface area contributed by atoms with Gasteiger partial charge in [-0.25, -0.2) is 0 Å². The molecule has 15 rings (SSSR count). The number of allylic oxidation sites excluding steroid dienone is 4. The van der Waals surface area contributed by atoms with Gasteiger partial charge in [-0.1, -0.05) is 188 Å². The van der Waals surface area contributed by atoms with Gasteiger partial charge in [0.2, 0.25) is 0 Å². The van der Waals surface area contributed by atoms with Gasteiger partial charge < -0.3 is 4.90 Å². The van der Waals surface area contributed by atoms with E-state index in [0.717, 1.165) is 24.2 Å². The van der Waals surface area contributed by atoms with E-state index in [4.69, 9.17) is 0 Å². The first kappa shape index (κ1) is 37.6. The quantitative estimate of drug-likeness (QED) is 0.151. The summed E-state index contributed by atoms with van der Waals surface area (Å²) in [6.45, 7) is 0. The van der Waals surface area contributed by atoms with Crippen LogP contribution in [0.2, 0.25) is 0 Å². The molecule has 0 aromatic heterocycles. The standard InChI is InChI=1S/C65H47N/c1-3-15-50(16-4-1)66(51-17-5-2-6-18-51)52-31-34-54-53-32-26-43(36-61(53)65(62(54)39-52)40-48-13-7-8-14-49(48)41-65)24-23-42-25-27-45-37-46(29-28-44(45)35-42)47-30-33-59-60(38-47)64-57-21-11-9-19-55(57)63(59)56-20-10-12-22-58(56)64/h1-39,55,57,63-64H,40-41H2/b24-23+. The minimum Gasteiger partial charge on any atom is -0.310 e. The fourth-order valence-corrected chi connectivity index (χ4v) is 12.9. The largest absolute Gasteiger partial charge is 0.310 e. The number of hydrogen-bond donors (Lipinski definition) is 0. The number of benzene rings is 9. The molecule has 2 bridgehead atoms. The van der Waals surface area contributed by atoms with E-state index in [-0.39, 0.29) is 5.41 Å². The summed E-state index contributed by atoms with van der Waals surface area (Å²) in [5.74, 6) is 1.86. The molecular weight excluding hydrogens is 795 g/mol. The summed E-state index contributed by atoms with van der Waals surface area (Å²) in [7, 11) is 0. The van der Waals surface area contributed by atoms with Gasteiger partial charge in [0.1, 0.15) is 0 Å². The maximum Gasteiger partial charge on any atom is 0.0465 e. The third-order valence-electron chi connectivity index (χ3n) is 15.8. The van der Waals surface area contributed by atoms with Crippen LogP contribution in [0.5, 0.6) is 0 Å². The van der Waals surface area contributed by atoms with Crippen LogP contribution in [-0.2, 0) is 18.3 Å². The van der Waals surface area contributed by atoms with Crippen LogP contribution in [0.3, 0.4) is 0 Å². The highest BCUT2D eigenvalue weighted by Crippen LogP contribution is 2.61. The van der Waals surface area contributed by atoms with Gasteiger partial charge in [0.05, 0.1) is 0 Å². The second kappa shape index (κ2) is 14.6. The zero-order valence-electron chi connectivity index (χ0n) is 36.7. The molecule has 1 nitrogen and oxygen atoms in total. The predicted octanol–water partition coefficient (Wildman–Crippen LogP) is 16.2. The Morgan fingerprint density at radius 3 is 1.61 bits per heavy atom. The predicted molar refractivity (Wildman–Crippen MR) is 275 cm³/mol. The van der Waals surface area contributed by atoms with Gasteiger partial charge in [0.25, 0.3) is 0 Å². The number of anilines is 3. The molecule has 0 saturated carbocycles. The van der Waals surface area contributed by atoms with Crippen molar-refractivity contribution in [3.63, 3.8) is 0 Å². The first-order valence-electron chi connectivity index (χ1n) is 23.7. The molecule has 312 valence electrons. The highest BCUT2D eigenvalue weighted by Gasteiger charge is 2.49. The normalized spacial score (nSPS) is 19.6. The highest BCUT2D eigenvalue weighted by atomic mass is 15.1. The Morgan fingerprint density at radius 1 is 0.394 bits per heavy atom. The van der Waals surface area contributed by atoms with Gasteiger partial charge in [-0.3, -0.25) is 0 Å².